The maximum absolute atomic E-state index is 13.3. The van der Waals surface area contributed by atoms with Crippen LogP contribution in [-0.4, -0.2) is 12.9 Å². The summed E-state index contributed by atoms with van der Waals surface area (Å²) in [5.41, 5.74) is 0.695. The van der Waals surface area contributed by atoms with Gasteiger partial charge in [-0.2, -0.15) is 0 Å². The molecule has 0 unspecified atom stereocenters. The number of carbonyl (C=O) groups excluding carboxylic acids is 1. The molecule has 2 aromatic carbocycles. The van der Waals surface area contributed by atoms with Gasteiger partial charge in [-0.1, -0.05) is 15.9 Å². The lowest BCUT2D eigenvalue weighted by Gasteiger charge is -2.09. The van der Waals surface area contributed by atoms with Crippen LogP contribution in [0.1, 0.15) is 15.9 Å². The molecule has 0 atom stereocenters. The maximum Gasteiger partial charge on any atom is 0.198 e. The van der Waals surface area contributed by atoms with Crippen LogP contribution in [0.15, 0.2) is 40.9 Å². The molecule has 0 aliphatic heterocycles. The fourth-order valence-corrected chi connectivity index (χ4v) is 2.59. The van der Waals surface area contributed by atoms with Crippen LogP contribution < -0.4 is 4.74 Å². The molecule has 0 heterocycles. The number of benzene rings is 2. The lowest BCUT2D eigenvalue weighted by Crippen LogP contribution is -2.06. The first-order valence-corrected chi connectivity index (χ1v) is 7.23. The summed E-state index contributed by atoms with van der Waals surface area (Å²) in [7, 11) is 1.45. The minimum atomic E-state index is -0.467. The monoisotopic (exact) mass is 434 g/mol. The Kier molecular flexibility index (Phi) is 4.57. The number of hydrogen-bond donors (Lipinski definition) is 0. The van der Waals surface area contributed by atoms with Gasteiger partial charge in [-0.3, -0.25) is 4.79 Å². The number of methoxy groups -OCH3 is 1. The summed E-state index contributed by atoms with van der Waals surface area (Å²) in [5.74, 6) is -0.384. The molecule has 2 nitrogen and oxygen atoms in total. The molecule has 0 bridgehead atoms. The highest BCUT2D eigenvalue weighted by Crippen LogP contribution is 2.27. The molecule has 0 aromatic heterocycles. The summed E-state index contributed by atoms with van der Waals surface area (Å²) >= 11 is 5.46. The molecule has 0 N–H and O–H groups in total. The highest BCUT2D eigenvalue weighted by molar-refractivity contribution is 14.1. The van der Waals surface area contributed by atoms with E-state index in [1.807, 2.05) is 6.07 Å². The zero-order valence-corrected chi connectivity index (χ0v) is 13.7. The quantitative estimate of drug-likeness (QED) is 0.527. The minimum Gasteiger partial charge on any atom is -0.496 e. The average molecular weight is 435 g/mol. The number of ether oxygens (including phenoxy) is 1. The van der Waals surface area contributed by atoms with E-state index >= 15 is 0 Å². The molecule has 2 aromatic rings. The smallest absolute Gasteiger partial charge is 0.198 e. The van der Waals surface area contributed by atoms with Gasteiger partial charge < -0.3 is 4.74 Å². The molecule has 0 saturated carbocycles. The first-order valence-electron chi connectivity index (χ1n) is 5.36. The SMILES string of the molecule is COc1ccc(F)cc1C(=O)c1cc(I)ccc1Br. The fourth-order valence-electron chi connectivity index (χ4n) is 1.67. The third-order valence-electron chi connectivity index (χ3n) is 2.58. The van der Waals surface area contributed by atoms with Crippen LogP contribution in [-0.2, 0) is 0 Å². The Morgan fingerprint density at radius 2 is 1.95 bits per heavy atom. The summed E-state index contributed by atoms with van der Waals surface area (Å²) in [6.07, 6.45) is 0. The summed E-state index contributed by atoms with van der Waals surface area (Å²) in [6.45, 7) is 0. The maximum atomic E-state index is 13.3. The molecule has 98 valence electrons. The number of rotatable bonds is 3. The highest BCUT2D eigenvalue weighted by atomic mass is 127. The molecular formula is C14H9BrFIO2. The zero-order valence-electron chi connectivity index (χ0n) is 9.91. The van der Waals surface area contributed by atoms with E-state index in [4.69, 9.17) is 4.74 Å². The second-order valence-corrected chi connectivity index (χ2v) is 5.90. The van der Waals surface area contributed by atoms with Crippen molar-refractivity contribution in [1.82, 2.24) is 0 Å². The highest BCUT2D eigenvalue weighted by Gasteiger charge is 2.18. The average Bonchev–Trinajstić information content (AvgIpc) is 2.40. The molecule has 0 saturated heterocycles. The predicted molar refractivity (Wildman–Crippen MR) is 83.2 cm³/mol. The van der Waals surface area contributed by atoms with Crippen molar-refractivity contribution in [2.75, 3.05) is 7.11 Å². The van der Waals surface area contributed by atoms with Crippen LogP contribution in [0, 0.1) is 9.39 Å². The van der Waals surface area contributed by atoms with Crippen molar-refractivity contribution < 1.29 is 13.9 Å². The van der Waals surface area contributed by atoms with E-state index in [1.165, 1.54) is 25.3 Å². The molecule has 0 spiro atoms. The van der Waals surface area contributed by atoms with Crippen molar-refractivity contribution in [1.29, 1.82) is 0 Å². The van der Waals surface area contributed by atoms with Gasteiger partial charge in [-0.05, 0) is 59.0 Å². The Morgan fingerprint density at radius 1 is 1.21 bits per heavy atom. The van der Waals surface area contributed by atoms with E-state index in [0.717, 1.165) is 3.57 Å². The van der Waals surface area contributed by atoms with E-state index in [2.05, 4.69) is 38.5 Å². The van der Waals surface area contributed by atoms with E-state index in [9.17, 15) is 9.18 Å². The van der Waals surface area contributed by atoms with Crippen molar-refractivity contribution >= 4 is 44.3 Å². The molecular weight excluding hydrogens is 426 g/mol. The second kappa shape index (κ2) is 6.00. The molecule has 0 aliphatic carbocycles. The van der Waals surface area contributed by atoms with Gasteiger partial charge in [0.05, 0.1) is 12.7 Å². The lowest BCUT2D eigenvalue weighted by atomic mass is 10.0. The largest absolute Gasteiger partial charge is 0.496 e. The van der Waals surface area contributed by atoms with Crippen LogP contribution in [0.5, 0.6) is 5.75 Å². The van der Waals surface area contributed by atoms with Gasteiger partial charge in [-0.25, -0.2) is 4.39 Å². The summed E-state index contributed by atoms with van der Waals surface area (Å²) in [5, 5.41) is 0. The van der Waals surface area contributed by atoms with Crippen LogP contribution in [0.2, 0.25) is 0 Å². The third kappa shape index (κ3) is 3.14. The van der Waals surface area contributed by atoms with E-state index < -0.39 is 5.82 Å². The molecule has 5 heteroatoms. The fraction of sp³-hybridized carbons (Fsp3) is 0.0714. The zero-order chi connectivity index (χ0) is 14.0. The van der Waals surface area contributed by atoms with E-state index in [-0.39, 0.29) is 11.3 Å². The first-order chi connectivity index (χ1) is 9.02. The van der Waals surface area contributed by atoms with Gasteiger partial charge in [0.25, 0.3) is 0 Å². The van der Waals surface area contributed by atoms with Gasteiger partial charge in [0.15, 0.2) is 5.78 Å². The van der Waals surface area contributed by atoms with Gasteiger partial charge >= 0.3 is 0 Å². The Balaban J connectivity index is 2.55. The Labute approximate surface area is 132 Å². The number of halogens is 3. The van der Waals surface area contributed by atoms with Gasteiger partial charge in [0.1, 0.15) is 11.6 Å². The lowest BCUT2D eigenvalue weighted by molar-refractivity contribution is 0.103. The Morgan fingerprint density at radius 3 is 2.63 bits per heavy atom. The van der Waals surface area contributed by atoms with Gasteiger partial charge in [0.2, 0.25) is 0 Å². The summed E-state index contributed by atoms with van der Waals surface area (Å²) in [6, 6.07) is 9.32. The van der Waals surface area contributed by atoms with Crippen LogP contribution in [0.4, 0.5) is 4.39 Å². The van der Waals surface area contributed by atoms with Crippen molar-refractivity contribution in [2.24, 2.45) is 0 Å². The first kappa shape index (κ1) is 14.5. The van der Waals surface area contributed by atoms with Gasteiger partial charge in [0, 0.05) is 13.6 Å². The van der Waals surface area contributed by atoms with E-state index in [0.29, 0.717) is 15.8 Å². The molecule has 2 rings (SSSR count). The number of ketones is 1. The molecule has 0 radical (unpaired) electrons. The predicted octanol–water partition coefficient (Wildman–Crippen LogP) is 4.43. The topological polar surface area (TPSA) is 26.3 Å². The summed E-state index contributed by atoms with van der Waals surface area (Å²) < 4.78 is 20.0. The molecule has 0 aliphatic rings. The standard InChI is InChI=1S/C14H9BrFIO2/c1-19-13-5-2-8(16)6-11(13)14(18)10-7-9(17)3-4-12(10)15/h2-7H,1H3. The minimum absolute atomic E-state index is 0.213. The molecule has 0 fully saturated rings. The van der Waals surface area contributed by atoms with E-state index in [1.54, 1.807) is 12.1 Å². The van der Waals surface area contributed by atoms with Crippen molar-refractivity contribution in [3.63, 3.8) is 0 Å². The molecule has 0 amide bonds. The van der Waals surface area contributed by atoms with Crippen molar-refractivity contribution in [3.8, 4) is 5.75 Å². The van der Waals surface area contributed by atoms with Crippen LogP contribution in [0.3, 0.4) is 0 Å². The van der Waals surface area contributed by atoms with Gasteiger partial charge in [-0.15, -0.1) is 0 Å². The number of carbonyl (C=O) groups is 1. The second-order valence-electron chi connectivity index (χ2n) is 3.80. The van der Waals surface area contributed by atoms with Crippen molar-refractivity contribution in [2.45, 2.75) is 0 Å². The Hall–Kier alpha value is -0.950. The van der Waals surface area contributed by atoms with Crippen molar-refractivity contribution in [3.05, 3.63) is 61.4 Å². The Bertz CT molecular complexity index is 643. The number of hydrogen-bond acceptors (Lipinski definition) is 2. The third-order valence-corrected chi connectivity index (χ3v) is 3.94. The van der Waals surface area contributed by atoms with Crippen LogP contribution >= 0.6 is 38.5 Å². The van der Waals surface area contributed by atoms with Crippen LogP contribution in [0.25, 0.3) is 0 Å². The summed E-state index contributed by atoms with van der Waals surface area (Å²) in [4.78, 5) is 12.5. The molecule has 19 heavy (non-hydrogen) atoms. The normalized spacial score (nSPS) is 10.3.